The van der Waals surface area contributed by atoms with Gasteiger partial charge >= 0.3 is 0 Å². The molecule has 1 aliphatic heterocycles. The molecule has 0 aromatic heterocycles. The molecule has 0 amide bonds. The van der Waals surface area contributed by atoms with Crippen molar-refractivity contribution in [2.75, 3.05) is 6.54 Å². The smallest absolute Gasteiger partial charge is 0.0187 e. The first-order chi connectivity index (χ1) is 6.11. The molecule has 0 radical (unpaired) electrons. The highest BCUT2D eigenvalue weighted by atomic mass is 15.1. The summed E-state index contributed by atoms with van der Waals surface area (Å²) in [5.74, 6) is 0. The van der Waals surface area contributed by atoms with Gasteiger partial charge in [0.2, 0.25) is 0 Å². The minimum absolute atomic E-state index is 0.503. The van der Waals surface area contributed by atoms with Crippen molar-refractivity contribution in [2.24, 2.45) is 10.8 Å². The molecular formula is C12H23N. The van der Waals surface area contributed by atoms with Gasteiger partial charge in [-0.25, -0.2) is 0 Å². The third-order valence-corrected chi connectivity index (χ3v) is 4.56. The molecule has 0 aromatic rings. The second kappa shape index (κ2) is 2.98. The number of hydrogen-bond donors (Lipinski definition) is 1. The van der Waals surface area contributed by atoms with E-state index < -0.39 is 0 Å². The van der Waals surface area contributed by atoms with E-state index in [0.717, 1.165) is 6.04 Å². The van der Waals surface area contributed by atoms with Gasteiger partial charge in [-0.2, -0.15) is 0 Å². The van der Waals surface area contributed by atoms with Gasteiger partial charge in [0.1, 0.15) is 0 Å². The Morgan fingerprint density at radius 2 is 1.92 bits per heavy atom. The van der Waals surface area contributed by atoms with E-state index in [1.807, 2.05) is 0 Å². The second-order valence-electron chi connectivity index (χ2n) is 5.73. The molecular weight excluding hydrogens is 158 g/mol. The first kappa shape index (κ1) is 9.51. The topological polar surface area (TPSA) is 12.0 Å². The summed E-state index contributed by atoms with van der Waals surface area (Å²) in [5, 5.41) is 3.67. The van der Waals surface area contributed by atoms with Crippen molar-refractivity contribution >= 4 is 0 Å². The molecule has 2 rings (SSSR count). The highest BCUT2D eigenvalue weighted by Crippen LogP contribution is 2.51. The number of nitrogens with one attached hydrogen (secondary N) is 1. The maximum Gasteiger partial charge on any atom is 0.0187 e. The van der Waals surface area contributed by atoms with E-state index in [0.29, 0.717) is 10.8 Å². The molecule has 0 bridgehead atoms. The molecule has 2 fully saturated rings. The summed E-state index contributed by atoms with van der Waals surface area (Å²) in [6.07, 6.45) is 7.20. The number of rotatable bonds is 2. The summed E-state index contributed by atoms with van der Waals surface area (Å²) in [7, 11) is 0. The summed E-state index contributed by atoms with van der Waals surface area (Å²) in [4.78, 5) is 0. The molecule has 1 spiro atoms. The molecule has 1 heteroatoms. The highest BCUT2D eigenvalue weighted by molar-refractivity contribution is 5.09. The normalized spacial score (nSPS) is 32.1. The largest absolute Gasteiger partial charge is 0.312 e. The highest BCUT2D eigenvalue weighted by Gasteiger charge is 2.53. The summed E-state index contributed by atoms with van der Waals surface area (Å²) < 4.78 is 0. The van der Waals surface area contributed by atoms with Crippen LogP contribution in [0.3, 0.4) is 0 Å². The Balaban J connectivity index is 2.09. The minimum atomic E-state index is 0.503. The summed E-state index contributed by atoms with van der Waals surface area (Å²) in [6, 6.07) is 0.799. The predicted molar refractivity (Wildman–Crippen MR) is 56.8 cm³/mol. The van der Waals surface area contributed by atoms with Gasteiger partial charge in [-0.3, -0.25) is 0 Å². The van der Waals surface area contributed by atoms with Gasteiger partial charge in [-0.1, -0.05) is 33.6 Å². The maximum absolute atomic E-state index is 3.67. The third-order valence-electron chi connectivity index (χ3n) is 4.56. The van der Waals surface area contributed by atoms with Crippen molar-refractivity contribution in [3.63, 3.8) is 0 Å². The second-order valence-corrected chi connectivity index (χ2v) is 5.73. The Labute approximate surface area is 82.3 Å². The Kier molecular flexibility index (Phi) is 2.18. The van der Waals surface area contributed by atoms with Crippen LogP contribution in [-0.4, -0.2) is 12.6 Å². The van der Waals surface area contributed by atoms with Gasteiger partial charge in [-0.15, -0.1) is 0 Å². The fraction of sp³-hybridized carbons (Fsp3) is 1.00. The van der Waals surface area contributed by atoms with Crippen molar-refractivity contribution in [1.29, 1.82) is 0 Å². The lowest BCUT2D eigenvalue weighted by Crippen LogP contribution is -2.66. The van der Waals surface area contributed by atoms with E-state index in [-0.39, 0.29) is 0 Å². The average Bonchev–Trinajstić information content (AvgIpc) is 2.51. The van der Waals surface area contributed by atoms with Crippen molar-refractivity contribution < 1.29 is 0 Å². The summed E-state index contributed by atoms with van der Waals surface area (Å²) in [5.41, 5.74) is 1.21. The Bertz CT molecular complexity index is 189. The lowest BCUT2D eigenvalue weighted by Gasteiger charge is -2.55. The zero-order valence-electron chi connectivity index (χ0n) is 9.32. The molecule has 1 N–H and O–H groups in total. The Morgan fingerprint density at radius 1 is 1.31 bits per heavy atom. The fourth-order valence-electron chi connectivity index (χ4n) is 3.35. The van der Waals surface area contributed by atoms with Crippen LogP contribution in [0.25, 0.3) is 0 Å². The molecule has 1 saturated heterocycles. The Hall–Kier alpha value is -0.0400. The van der Waals surface area contributed by atoms with E-state index in [1.54, 1.807) is 0 Å². The SMILES string of the molecule is CCC(C)(C)C1NCC12CCCC2. The van der Waals surface area contributed by atoms with Gasteiger partial charge in [0.15, 0.2) is 0 Å². The average molecular weight is 181 g/mol. The van der Waals surface area contributed by atoms with Crippen LogP contribution in [0.5, 0.6) is 0 Å². The molecule has 13 heavy (non-hydrogen) atoms. The van der Waals surface area contributed by atoms with Crippen LogP contribution in [0.1, 0.15) is 52.9 Å². The molecule has 1 saturated carbocycles. The summed E-state index contributed by atoms with van der Waals surface area (Å²) in [6.45, 7) is 8.46. The zero-order valence-corrected chi connectivity index (χ0v) is 9.32. The van der Waals surface area contributed by atoms with Gasteiger partial charge < -0.3 is 5.32 Å². The third kappa shape index (κ3) is 1.32. The fourth-order valence-corrected chi connectivity index (χ4v) is 3.35. The van der Waals surface area contributed by atoms with Crippen molar-refractivity contribution in [1.82, 2.24) is 5.32 Å². The van der Waals surface area contributed by atoms with Gasteiger partial charge in [0.05, 0.1) is 0 Å². The molecule has 1 atom stereocenters. The van der Waals surface area contributed by atoms with Gasteiger partial charge in [0, 0.05) is 12.6 Å². The molecule has 0 aromatic carbocycles. The van der Waals surface area contributed by atoms with E-state index in [1.165, 1.54) is 38.6 Å². The predicted octanol–water partition coefficient (Wildman–Crippen LogP) is 2.95. The van der Waals surface area contributed by atoms with Gasteiger partial charge in [-0.05, 0) is 30.1 Å². The van der Waals surface area contributed by atoms with Crippen LogP contribution in [-0.2, 0) is 0 Å². The van der Waals surface area contributed by atoms with Crippen LogP contribution in [0, 0.1) is 10.8 Å². The molecule has 1 nitrogen and oxygen atoms in total. The van der Waals surface area contributed by atoms with Crippen LogP contribution in [0.4, 0.5) is 0 Å². The van der Waals surface area contributed by atoms with E-state index in [2.05, 4.69) is 26.1 Å². The molecule has 1 aliphatic carbocycles. The quantitative estimate of drug-likeness (QED) is 0.690. The van der Waals surface area contributed by atoms with E-state index >= 15 is 0 Å². The van der Waals surface area contributed by atoms with Crippen molar-refractivity contribution in [2.45, 2.75) is 58.9 Å². The first-order valence-electron chi connectivity index (χ1n) is 5.84. The van der Waals surface area contributed by atoms with Crippen LogP contribution >= 0.6 is 0 Å². The monoisotopic (exact) mass is 181 g/mol. The van der Waals surface area contributed by atoms with Crippen molar-refractivity contribution in [3.05, 3.63) is 0 Å². The van der Waals surface area contributed by atoms with Gasteiger partial charge in [0.25, 0.3) is 0 Å². The van der Waals surface area contributed by atoms with Crippen LogP contribution in [0.15, 0.2) is 0 Å². The molecule has 1 heterocycles. The standard InChI is InChI=1S/C12H23N/c1-4-11(2,3)10-12(9-13-10)7-5-6-8-12/h10,13H,4-9H2,1-3H3. The molecule has 2 aliphatic rings. The Morgan fingerprint density at radius 3 is 2.31 bits per heavy atom. The lowest BCUT2D eigenvalue weighted by atomic mass is 9.61. The first-order valence-corrected chi connectivity index (χ1v) is 5.84. The van der Waals surface area contributed by atoms with Crippen molar-refractivity contribution in [3.8, 4) is 0 Å². The lowest BCUT2D eigenvalue weighted by molar-refractivity contribution is 0.00129. The minimum Gasteiger partial charge on any atom is -0.312 e. The van der Waals surface area contributed by atoms with Crippen LogP contribution < -0.4 is 5.32 Å². The van der Waals surface area contributed by atoms with E-state index in [9.17, 15) is 0 Å². The molecule has 76 valence electrons. The van der Waals surface area contributed by atoms with Crippen LogP contribution in [0.2, 0.25) is 0 Å². The number of hydrogen-bond acceptors (Lipinski definition) is 1. The summed E-state index contributed by atoms with van der Waals surface area (Å²) >= 11 is 0. The maximum atomic E-state index is 3.67. The molecule has 1 unspecified atom stereocenters. The van der Waals surface area contributed by atoms with E-state index in [4.69, 9.17) is 0 Å². The zero-order chi connectivity index (χ0) is 9.53.